The van der Waals surface area contributed by atoms with Gasteiger partial charge in [0.05, 0.1) is 14.2 Å². The topological polar surface area (TPSA) is 47.6 Å². The van der Waals surface area contributed by atoms with Gasteiger partial charge in [-0.2, -0.15) is 0 Å². The molecule has 1 N–H and O–H groups in total. The zero-order valence-corrected chi connectivity index (χ0v) is 11.1. The molecule has 0 aliphatic rings. The number of benzene rings is 2. The first-order valence-corrected chi connectivity index (χ1v) is 5.93. The molecule has 0 spiro atoms. The number of hydrogen-bond acceptors (Lipinski definition) is 3. The van der Waals surface area contributed by atoms with Gasteiger partial charge in [-0.05, 0) is 36.4 Å². The van der Waals surface area contributed by atoms with E-state index in [4.69, 9.17) is 9.47 Å². The first kappa shape index (κ1) is 13.9. The number of carbonyl (C=O) groups is 1. The lowest BCUT2D eigenvalue weighted by Gasteiger charge is -2.10. The Labute approximate surface area is 116 Å². The van der Waals surface area contributed by atoms with E-state index in [1.807, 2.05) is 0 Å². The maximum absolute atomic E-state index is 12.8. The van der Waals surface area contributed by atoms with Gasteiger partial charge in [0.25, 0.3) is 5.91 Å². The van der Waals surface area contributed by atoms with Gasteiger partial charge in [-0.15, -0.1) is 0 Å². The summed E-state index contributed by atoms with van der Waals surface area (Å²) in [6, 6.07) is 10.4. The van der Waals surface area contributed by atoms with Crippen molar-refractivity contribution in [3.8, 4) is 11.5 Å². The molecular formula is C15H14FNO3. The Balaban J connectivity index is 2.17. The van der Waals surface area contributed by atoms with E-state index in [-0.39, 0.29) is 11.7 Å². The van der Waals surface area contributed by atoms with Crippen LogP contribution in [0.3, 0.4) is 0 Å². The Morgan fingerprint density at radius 2 is 1.65 bits per heavy atom. The lowest BCUT2D eigenvalue weighted by molar-refractivity contribution is 0.102. The molecular weight excluding hydrogens is 261 g/mol. The van der Waals surface area contributed by atoms with Crippen molar-refractivity contribution in [1.29, 1.82) is 0 Å². The predicted octanol–water partition coefficient (Wildman–Crippen LogP) is 3.10. The number of methoxy groups -OCH3 is 2. The normalized spacial score (nSPS) is 9.95. The molecule has 0 bridgehead atoms. The highest BCUT2D eigenvalue weighted by molar-refractivity contribution is 6.04. The third-order valence-electron chi connectivity index (χ3n) is 2.75. The van der Waals surface area contributed by atoms with Crippen LogP contribution in [-0.2, 0) is 0 Å². The third-order valence-corrected chi connectivity index (χ3v) is 2.75. The van der Waals surface area contributed by atoms with E-state index < -0.39 is 0 Å². The zero-order chi connectivity index (χ0) is 14.5. The predicted molar refractivity (Wildman–Crippen MR) is 73.9 cm³/mol. The highest BCUT2D eigenvalue weighted by Crippen LogP contribution is 2.29. The average Bonchev–Trinajstić information content (AvgIpc) is 2.47. The van der Waals surface area contributed by atoms with Crippen LogP contribution in [0, 0.1) is 5.82 Å². The number of anilines is 1. The van der Waals surface area contributed by atoms with E-state index >= 15 is 0 Å². The van der Waals surface area contributed by atoms with Crippen molar-refractivity contribution in [2.75, 3.05) is 19.5 Å². The number of rotatable bonds is 4. The summed E-state index contributed by atoms with van der Waals surface area (Å²) in [4.78, 5) is 12.0. The van der Waals surface area contributed by atoms with Crippen LogP contribution in [0.15, 0.2) is 42.5 Å². The number of nitrogens with one attached hydrogen (secondary N) is 1. The van der Waals surface area contributed by atoms with Crippen molar-refractivity contribution in [2.24, 2.45) is 0 Å². The number of carbonyl (C=O) groups excluding carboxylic acids is 1. The largest absolute Gasteiger partial charge is 0.493 e. The lowest BCUT2D eigenvalue weighted by Crippen LogP contribution is -2.11. The van der Waals surface area contributed by atoms with Crippen LogP contribution in [0.5, 0.6) is 11.5 Å². The number of halogens is 1. The molecule has 2 aromatic carbocycles. The molecule has 0 saturated carbocycles. The third kappa shape index (κ3) is 3.06. The molecule has 0 fully saturated rings. The monoisotopic (exact) mass is 275 g/mol. The van der Waals surface area contributed by atoms with Crippen molar-refractivity contribution < 1.29 is 18.7 Å². The van der Waals surface area contributed by atoms with E-state index in [2.05, 4.69) is 5.32 Å². The molecule has 5 heteroatoms. The van der Waals surface area contributed by atoms with Crippen molar-refractivity contribution in [3.05, 3.63) is 53.8 Å². The highest BCUT2D eigenvalue weighted by atomic mass is 19.1. The van der Waals surface area contributed by atoms with E-state index in [0.717, 1.165) is 0 Å². The first-order valence-electron chi connectivity index (χ1n) is 5.93. The molecule has 0 unspecified atom stereocenters. The van der Waals surface area contributed by atoms with Gasteiger partial charge in [-0.1, -0.05) is 0 Å². The van der Waals surface area contributed by atoms with Crippen LogP contribution >= 0.6 is 0 Å². The fourth-order valence-electron chi connectivity index (χ4n) is 1.72. The number of ether oxygens (including phenoxy) is 2. The molecule has 0 aliphatic carbocycles. The summed E-state index contributed by atoms with van der Waals surface area (Å²) >= 11 is 0. The molecule has 0 atom stereocenters. The molecule has 0 heterocycles. The zero-order valence-electron chi connectivity index (χ0n) is 11.1. The smallest absolute Gasteiger partial charge is 0.255 e. The lowest BCUT2D eigenvalue weighted by atomic mass is 10.2. The second-order valence-corrected chi connectivity index (χ2v) is 4.03. The molecule has 0 radical (unpaired) electrons. The molecule has 104 valence electrons. The molecule has 0 aromatic heterocycles. The van der Waals surface area contributed by atoms with Gasteiger partial charge in [0, 0.05) is 17.3 Å². The summed E-state index contributed by atoms with van der Waals surface area (Å²) in [6.07, 6.45) is 0. The summed E-state index contributed by atoms with van der Waals surface area (Å²) in [6.45, 7) is 0. The van der Waals surface area contributed by atoms with Crippen LogP contribution in [0.1, 0.15) is 10.4 Å². The van der Waals surface area contributed by atoms with Gasteiger partial charge >= 0.3 is 0 Å². The Bertz CT molecular complexity index is 611. The number of amides is 1. The average molecular weight is 275 g/mol. The van der Waals surface area contributed by atoms with Gasteiger partial charge in [0.15, 0.2) is 11.5 Å². The maximum atomic E-state index is 12.8. The van der Waals surface area contributed by atoms with Gasteiger partial charge in [-0.3, -0.25) is 4.79 Å². The van der Waals surface area contributed by atoms with E-state index in [1.165, 1.54) is 38.5 Å². The number of hydrogen-bond donors (Lipinski definition) is 1. The van der Waals surface area contributed by atoms with Crippen LogP contribution in [0.2, 0.25) is 0 Å². The maximum Gasteiger partial charge on any atom is 0.255 e. The summed E-state index contributed by atoms with van der Waals surface area (Å²) in [5.41, 5.74) is 0.943. The minimum absolute atomic E-state index is 0.322. The summed E-state index contributed by atoms with van der Waals surface area (Å²) < 4.78 is 23.1. The Morgan fingerprint density at radius 1 is 1.00 bits per heavy atom. The van der Waals surface area contributed by atoms with E-state index in [0.29, 0.717) is 22.7 Å². The highest BCUT2D eigenvalue weighted by Gasteiger charge is 2.09. The van der Waals surface area contributed by atoms with Crippen LogP contribution in [-0.4, -0.2) is 20.1 Å². The second-order valence-electron chi connectivity index (χ2n) is 4.03. The molecule has 2 rings (SSSR count). The summed E-state index contributed by atoms with van der Waals surface area (Å²) in [5.74, 6) is 0.390. The van der Waals surface area contributed by atoms with Gasteiger partial charge in [-0.25, -0.2) is 4.39 Å². The molecule has 0 aliphatic heterocycles. The van der Waals surface area contributed by atoms with Crippen molar-refractivity contribution in [3.63, 3.8) is 0 Å². The second kappa shape index (κ2) is 6.06. The van der Waals surface area contributed by atoms with Gasteiger partial charge in [0.1, 0.15) is 5.82 Å². The van der Waals surface area contributed by atoms with Crippen LogP contribution < -0.4 is 14.8 Å². The Kier molecular flexibility index (Phi) is 4.20. The minimum Gasteiger partial charge on any atom is -0.493 e. The fourth-order valence-corrected chi connectivity index (χ4v) is 1.72. The first-order chi connectivity index (χ1) is 9.63. The standard InChI is InChI=1S/C15H14FNO3/c1-19-13-8-7-12(9-14(13)20-2)17-15(18)10-3-5-11(16)6-4-10/h3-9H,1-2H3,(H,17,18). The molecule has 4 nitrogen and oxygen atoms in total. The molecule has 2 aromatic rings. The van der Waals surface area contributed by atoms with Crippen LogP contribution in [0.4, 0.5) is 10.1 Å². The van der Waals surface area contributed by atoms with Crippen LogP contribution in [0.25, 0.3) is 0 Å². The quantitative estimate of drug-likeness (QED) is 0.932. The fraction of sp³-hybridized carbons (Fsp3) is 0.133. The molecule has 1 amide bonds. The summed E-state index contributed by atoms with van der Waals surface area (Å²) in [7, 11) is 3.05. The minimum atomic E-state index is -0.382. The van der Waals surface area contributed by atoms with Gasteiger partial charge in [0.2, 0.25) is 0 Å². The molecule has 20 heavy (non-hydrogen) atoms. The van der Waals surface area contributed by atoms with Gasteiger partial charge < -0.3 is 14.8 Å². The Hall–Kier alpha value is -2.56. The van der Waals surface area contributed by atoms with E-state index in [9.17, 15) is 9.18 Å². The van der Waals surface area contributed by atoms with Crippen molar-refractivity contribution >= 4 is 11.6 Å². The van der Waals surface area contributed by atoms with Crippen molar-refractivity contribution in [2.45, 2.75) is 0 Å². The van der Waals surface area contributed by atoms with E-state index in [1.54, 1.807) is 18.2 Å². The summed E-state index contributed by atoms with van der Waals surface area (Å²) in [5, 5.41) is 2.71. The SMILES string of the molecule is COc1ccc(NC(=O)c2ccc(F)cc2)cc1OC. The molecule has 0 saturated heterocycles. The van der Waals surface area contributed by atoms with Crippen molar-refractivity contribution in [1.82, 2.24) is 0 Å². The Morgan fingerprint density at radius 3 is 2.25 bits per heavy atom.